The number of ether oxygens (including phenoxy) is 1. The van der Waals surface area contributed by atoms with Crippen LogP contribution < -0.4 is 5.32 Å². The quantitative estimate of drug-likeness (QED) is 0.418. The monoisotopic (exact) mass is 470 g/mol. The number of hydrogen-bond acceptors (Lipinski definition) is 4. The number of hydrogen-bond donors (Lipinski definition) is 1. The minimum Gasteiger partial charge on any atom is -0.379 e. The summed E-state index contributed by atoms with van der Waals surface area (Å²) in [6.07, 6.45) is 5.28. The zero-order chi connectivity index (χ0) is 17.1. The summed E-state index contributed by atoms with van der Waals surface area (Å²) < 4.78 is 7.51. The standard InChI is InChI=1S/C18H26N6O.HI/c1-19-18(20-12-15-13-23-6-3-2-4-17(23)21-15)24-7-5-16(14-24)22-8-10-25-11-9-22;/h2-4,6,13,16H,5,7-12,14H2,1H3,(H,19,20);1H. The van der Waals surface area contributed by atoms with E-state index in [-0.39, 0.29) is 24.0 Å². The lowest BCUT2D eigenvalue weighted by Crippen LogP contribution is -2.46. The number of pyridine rings is 1. The van der Waals surface area contributed by atoms with Crippen molar-refractivity contribution in [3.05, 3.63) is 36.3 Å². The Morgan fingerprint density at radius 3 is 2.92 bits per heavy atom. The fourth-order valence-electron chi connectivity index (χ4n) is 3.75. The van der Waals surface area contributed by atoms with Gasteiger partial charge in [-0.1, -0.05) is 6.07 Å². The minimum atomic E-state index is 0. The van der Waals surface area contributed by atoms with E-state index in [9.17, 15) is 0 Å². The van der Waals surface area contributed by atoms with Crippen LogP contribution >= 0.6 is 24.0 Å². The number of aliphatic imine (C=N–C) groups is 1. The van der Waals surface area contributed by atoms with Crippen molar-refractivity contribution in [3.8, 4) is 0 Å². The topological polar surface area (TPSA) is 57.4 Å². The molecule has 0 spiro atoms. The van der Waals surface area contributed by atoms with Crippen molar-refractivity contribution in [2.45, 2.75) is 19.0 Å². The largest absolute Gasteiger partial charge is 0.379 e. The Morgan fingerprint density at radius 2 is 2.15 bits per heavy atom. The van der Waals surface area contributed by atoms with Gasteiger partial charge in [0.05, 0.1) is 25.5 Å². The molecule has 1 unspecified atom stereocenters. The van der Waals surface area contributed by atoms with Gasteiger partial charge in [0.1, 0.15) is 5.65 Å². The third kappa shape index (κ3) is 4.29. The van der Waals surface area contributed by atoms with E-state index >= 15 is 0 Å². The van der Waals surface area contributed by atoms with Crippen LogP contribution in [0.1, 0.15) is 12.1 Å². The fraction of sp³-hybridized carbons (Fsp3) is 0.556. The predicted octanol–water partition coefficient (Wildman–Crippen LogP) is 1.43. The number of halogens is 1. The zero-order valence-corrected chi connectivity index (χ0v) is 17.5. The second-order valence-corrected chi connectivity index (χ2v) is 6.64. The summed E-state index contributed by atoms with van der Waals surface area (Å²) in [5.41, 5.74) is 2.00. The number of aromatic nitrogens is 2. The van der Waals surface area contributed by atoms with Crippen LogP contribution in [0.5, 0.6) is 0 Å². The van der Waals surface area contributed by atoms with Crippen LogP contribution in [0.2, 0.25) is 0 Å². The first-order valence-corrected chi connectivity index (χ1v) is 9.03. The molecule has 0 aliphatic carbocycles. The molecule has 0 bridgehead atoms. The van der Waals surface area contributed by atoms with E-state index in [0.29, 0.717) is 12.6 Å². The Bertz CT molecular complexity index is 709. The molecular weight excluding hydrogens is 443 g/mol. The van der Waals surface area contributed by atoms with Gasteiger partial charge in [0, 0.05) is 51.7 Å². The molecule has 0 radical (unpaired) electrons. The van der Waals surface area contributed by atoms with Crippen LogP contribution in [0.25, 0.3) is 5.65 Å². The fourth-order valence-corrected chi connectivity index (χ4v) is 3.75. The lowest BCUT2D eigenvalue weighted by molar-refractivity contribution is 0.0195. The third-order valence-electron chi connectivity index (χ3n) is 5.08. The van der Waals surface area contributed by atoms with Crippen LogP contribution in [-0.4, -0.2) is 77.6 Å². The Morgan fingerprint density at radius 1 is 1.31 bits per heavy atom. The Labute approximate surface area is 171 Å². The van der Waals surface area contributed by atoms with E-state index in [4.69, 9.17) is 4.74 Å². The summed E-state index contributed by atoms with van der Waals surface area (Å²) in [7, 11) is 1.86. The molecule has 8 heteroatoms. The maximum atomic E-state index is 5.47. The number of nitrogens with one attached hydrogen (secondary N) is 1. The van der Waals surface area contributed by atoms with E-state index in [1.165, 1.54) is 6.42 Å². The molecule has 0 saturated carbocycles. The number of likely N-dealkylation sites (tertiary alicyclic amines) is 1. The van der Waals surface area contributed by atoms with Gasteiger partial charge < -0.3 is 19.4 Å². The average Bonchev–Trinajstić information content (AvgIpc) is 3.30. The molecule has 2 aliphatic heterocycles. The van der Waals surface area contributed by atoms with Crippen molar-refractivity contribution in [3.63, 3.8) is 0 Å². The van der Waals surface area contributed by atoms with Gasteiger partial charge in [-0.15, -0.1) is 24.0 Å². The summed E-state index contributed by atoms with van der Waals surface area (Å²) in [5.74, 6) is 0.966. The second-order valence-electron chi connectivity index (χ2n) is 6.64. The summed E-state index contributed by atoms with van der Waals surface area (Å²) in [5, 5.41) is 3.47. The van der Waals surface area contributed by atoms with Gasteiger partial charge >= 0.3 is 0 Å². The second kappa shape index (κ2) is 9.01. The first-order valence-electron chi connectivity index (χ1n) is 9.03. The van der Waals surface area contributed by atoms with Crippen LogP contribution in [0.3, 0.4) is 0 Å². The molecule has 1 N–H and O–H groups in total. The Balaban J connectivity index is 0.00000196. The van der Waals surface area contributed by atoms with E-state index in [1.54, 1.807) is 0 Å². The first-order chi connectivity index (χ1) is 12.3. The molecule has 2 aromatic heterocycles. The van der Waals surface area contributed by atoms with Crippen LogP contribution in [-0.2, 0) is 11.3 Å². The average molecular weight is 470 g/mol. The van der Waals surface area contributed by atoms with Crippen LogP contribution in [0.4, 0.5) is 0 Å². The molecule has 2 aliphatic rings. The van der Waals surface area contributed by atoms with Crippen LogP contribution in [0, 0.1) is 0 Å². The van der Waals surface area contributed by atoms with Gasteiger partial charge in [-0.05, 0) is 18.6 Å². The van der Waals surface area contributed by atoms with E-state index < -0.39 is 0 Å². The molecule has 4 heterocycles. The molecule has 1 atom stereocenters. The smallest absolute Gasteiger partial charge is 0.194 e. The number of fused-ring (bicyclic) bond motifs is 1. The summed E-state index contributed by atoms with van der Waals surface area (Å²) in [6.45, 7) is 6.58. The van der Waals surface area contributed by atoms with Crippen molar-refractivity contribution in [2.24, 2.45) is 4.99 Å². The van der Waals surface area contributed by atoms with E-state index in [2.05, 4.69) is 31.3 Å². The SMILES string of the molecule is CN=C(NCc1cn2ccccc2n1)N1CCC(N2CCOCC2)C1.I. The highest BCUT2D eigenvalue weighted by molar-refractivity contribution is 14.0. The number of guanidine groups is 1. The number of imidazole rings is 1. The molecule has 7 nitrogen and oxygen atoms in total. The predicted molar refractivity (Wildman–Crippen MR) is 113 cm³/mol. The van der Waals surface area contributed by atoms with Gasteiger partial charge in [-0.2, -0.15) is 0 Å². The lowest BCUT2D eigenvalue weighted by Gasteiger charge is -2.32. The van der Waals surface area contributed by atoms with Crippen molar-refractivity contribution in [1.82, 2.24) is 24.5 Å². The number of morpholine rings is 1. The third-order valence-corrected chi connectivity index (χ3v) is 5.08. The molecule has 2 aromatic rings. The Kier molecular flexibility index (Phi) is 6.71. The van der Waals surface area contributed by atoms with Gasteiger partial charge in [-0.3, -0.25) is 9.89 Å². The maximum Gasteiger partial charge on any atom is 0.194 e. The van der Waals surface area contributed by atoms with Crippen LogP contribution in [0.15, 0.2) is 35.6 Å². The minimum absolute atomic E-state index is 0. The van der Waals surface area contributed by atoms with Crippen molar-refractivity contribution < 1.29 is 4.74 Å². The number of rotatable bonds is 3. The normalized spacial score (nSPS) is 21.8. The van der Waals surface area contributed by atoms with Crippen molar-refractivity contribution >= 4 is 35.6 Å². The molecule has 26 heavy (non-hydrogen) atoms. The van der Waals surface area contributed by atoms with Gasteiger partial charge in [-0.25, -0.2) is 4.98 Å². The highest BCUT2D eigenvalue weighted by Gasteiger charge is 2.30. The lowest BCUT2D eigenvalue weighted by atomic mass is 10.2. The highest BCUT2D eigenvalue weighted by Crippen LogP contribution is 2.17. The molecule has 0 amide bonds. The summed E-state index contributed by atoms with van der Waals surface area (Å²) in [6, 6.07) is 6.65. The Hall–Kier alpha value is -1.39. The summed E-state index contributed by atoms with van der Waals surface area (Å²) >= 11 is 0. The van der Waals surface area contributed by atoms with E-state index in [0.717, 1.165) is 56.7 Å². The number of nitrogens with zero attached hydrogens (tertiary/aromatic N) is 5. The first kappa shape index (κ1) is 19.4. The maximum absolute atomic E-state index is 5.47. The van der Waals surface area contributed by atoms with E-state index in [1.807, 2.05) is 35.8 Å². The zero-order valence-electron chi connectivity index (χ0n) is 15.2. The molecule has 2 fully saturated rings. The summed E-state index contributed by atoms with van der Waals surface area (Å²) in [4.78, 5) is 14.0. The highest BCUT2D eigenvalue weighted by atomic mass is 127. The molecule has 2 saturated heterocycles. The van der Waals surface area contributed by atoms with Gasteiger partial charge in [0.15, 0.2) is 5.96 Å². The molecule has 0 aromatic carbocycles. The molecule has 142 valence electrons. The molecular formula is C18H27IN6O. The molecule has 4 rings (SSSR count). The van der Waals surface area contributed by atoms with Crippen molar-refractivity contribution in [2.75, 3.05) is 46.4 Å². The van der Waals surface area contributed by atoms with Gasteiger partial charge in [0.2, 0.25) is 0 Å². The van der Waals surface area contributed by atoms with Gasteiger partial charge in [0.25, 0.3) is 0 Å². The van der Waals surface area contributed by atoms with Crippen molar-refractivity contribution in [1.29, 1.82) is 0 Å².